The molecule has 3 aromatic rings. The molecule has 0 radical (unpaired) electrons. The van der Waals surface area contributed by atoms with Gasteiger partial charge in [-0.2, -0.15) is 16.9 Å². The Morgan fingerprint density at radius 2 is 1.88 bits per heavy atom. The molecule has 0 aliphatic carbocycles. The number of carbonyl (C=O) groups excluding carboxylic acids is 1. The first-order valence-electron chi connectivity index (χ1n) is 8.50. The molecule has 2 aromatic heterocycles. The monoisotopic (exact) mass is 368 g/mol. The Balaban J connectivity index is 1.77. The number of para-hydroxylation sites is 1. The maximum Gasteiger partial charge on any atom is 0.295 e. The topological polar surface area (TPSA) is 67.2 Å². The molecule has 0 spiro atoms. The summed E-state index contributed by atoms with van der Waals surface area (Å²) in [7, 11) is 3.58. The zero-order valence-corrected chi connectivity index (χ0v) is 15.6. The molecule has 134 valence electrons. The minimum absolute atomic E-state index is 0.195. The molecule has 8 heteroatoms. The first kappa shape index (κ1) is 16.8. The van der Waals surface area contributed by atoms with Crippen LogP contribution >= 0.6 is 11.8 Å². The number of aryl methyl sites for hydroxylation is 1. The highest BCUT2D eigenvalue weighted by Crippen LogP contribution is 2.26. The van der Waals surface area contributed by atoms with Gasteiger partial charge in [0.25, 0.3) is 5.91 Å². The number of fused-ring (bicyclic) bond motifs is 1. The van der Waals surface area contributed by atoms with Crippen LogP contribution in [-0.4, -0.2) is 57.3 Å². The fourth-order valence-corrected chi connectivity index (χ4v) is 3.94. The second kappa shape index (κ2) is 6.95. The number of aromatic nitrogens is 4. The summed E-state index contributed by atoms with van der Waals surface area (Å²) in [6.45, 7) is 1.82. The minimum atomic E-state index is -0.230. The summed E-state index contributed by atoms with van der Waals surface area (Å²) in [5.74, 6) is 2.87. The van der Waals surface area contributed by atoms with Gasteiger partial charge >= 0.3 is 0 Å². The van der Waals surface area contributed by atoms with E-state index in [1.54, 1.807) is 22.8 Å². The standard InChI is InChI=1S/C18H20N6OS/c1-22(13-6-4-3-5-7-13)18(25)15-20-16-14(12-19-23(16)2)17(21-15)24-8-10-26-11-9-24/h3-7,12H,8-11H2,1-2H3. The second-order valence-electron chi connectivity index (χ2n) is 6.18. The summed E-state index contributed by atoms with van der Waals surface area (Å²) < 4.78 is 1.69. The van der Waals surface area contributed by atoms with Gasteiger partial charge in [0.1, 0.15) is 5.82 Å². The average Bonchev–Trinajstić information content (AvgIpc) is 3.08. The molecule has 1 saturated heterocycles. The van der Waals surface area contributed by atoms with E-state index in [0.717, 1.165) is 41.5 Å². The van der Waals surface area contributed by atoms with Crippen LogP contribution in [0.2, 0.25) is 0 Å². The smallest absolute Gasteiger partial charge is 0.295 e. The number of amides is 1. The predicted molar refractivity (Wildman–Crippen MR) is 105 cm³/mol. The van der Waals surface area contributed by atoms with Crippen molar-refractivity contribution in [1.82, 2.24) is 19.7 Å². The summed E-state index contributed by atoms with van der Waals surface area (Å²) in [4.78, 5) is 26.0. The minimum Gasteiger partial charge on any atom is -0.354 e. The van der Waals surface area contributed by atoms with E-state index in [-0.39, 0.29) is 11.7 Å². The normalized spacial score (nSPS) is 14.6. The van der Waals surface area contributed by atoms with Crippen molar-refractivity contribution in [3.8, 4) is 0 Å². The van der Waals surface area contributed by atoms with Gasteiger partial charge in [0, 0.05) is 44.4 Å². The molecule has 3 heterocycles. The van der Waals surface area contributed by atoms with Crippen LogP contribution in [0.15, 0.2) is 36.5 Å². The molecule has 1 amide bonds. The lowest BCUT2D eigenvalue weighted by Crippen LogP contribution is -2.34. The first-order valence-corrected chi connectivity index (χ1v) is 9.66. The molecule has 1 aliphatic rings. The summed E-state index contributed by atoms with van der Waals surface area (Å²) >= 11 is 1.94. The van der Waals surface area contributed by atoms with Crippen molar-refractivity contribution in [2.75, 3.05) is 41.4 Å². The number of anilines is 2. The number of hydrogen-bond acceptors (Lipinski definition) is 6. The highest BCUT2D eigenvalue weighted by Gasteiger charge is 2.23. The Morgan fingerprint density at radius 3 is 2.62 bits per heavy atom. The van der Waals surface area contributed by atoms with Crippen LogP contribution in [0, 0.1) is 0 Å². The molecule has 0 saturated carbocycles. The van der Waals surface area contributed by atoms with Gasteiger partial charge in [-0.25, -0.2) is 9.97 Å². The molecule has 1 aliphatic heterocycles. The number of hydrogen-bond donors (Lipinski definition) is 0. The fourth-order valence-electron chi connectivity index (χ4n) is 3.04. The molecule has 1 fully saturated rings. The van der Waals surface area contributed by atoms with Crippen molar-refractivity contribution < 1.29 is 4.79 Å². The van der Waals surface area contributed by atoms with Crippen LogP contribution in [0.4, 0.5) is 11.5 Å². The van der Waals surface area contributed by atoms with Crippen LogP contribution in [0.5, 0.6) is 0 Å². The Kier molecular flexibility index (Phi) is 4.50. The number of carbonyl (C=O) groups is 1. The molecule has 7 nitrogen and oxygen atoms in total. The third-order valence-corrected chi connectivity index (χ3v) is 5.46. The highest BCUT2D eigenvalue weighted by molar-refractivity contribution is 7.99. The van der Waals surface area contributed by atoms with E-state index in [4.69, 9.17) is 0 Å². The maximum atomic E-state index is 13.0. The molecular weight excluding hydrogens is 348 g/mol. The second-order valence-corrected chi connectivity index (χ2v) is 7.40. The Bertz CT molecular complexity index is 936. The summed E-state index contributed by atoms with van der Waals surface area (Å²) in [5, 5.41) is 5.20. The first-order chi connectivity index (χ1) is 12.6. The van der Waals surface area contributed by atoms with Gasteiger partial charge in [0.2, 0.25) is 5.82 Å². The summed E-state index contributed by atoms with van der Waals surface area (Å²) in [5.41, 5.74) is 1.49. The van der Waals surface area contributed by atoms with E-state index in [0.29, 0.717) is 5.65 Å². The molecular formula is C18H20N6OS. The van der Waals surface area contributed by atoms with Crippen molar-refractivity contribution in [3.05, 3.63) is 42.4 Å². The summed E-state index contributed by atoms with van der Waals surface area (Å²) in [6, 6.07) is 9.52. The zero-order valence-electron chi connectivity index (χ0n) is 14.8. The van der Waals surface area contributed by atoms with Gasteiger partial charge in [0.05, 0.1) is 11.6 Å². The number of benzene rings is 1. The van der Waals surface area contributed by atoms with Crippen LogP contribution < -0.4 is 9.80 Å². The molecule has 0 unspecified atom stereocenters. The predicted octanol–water partition coefficient (Wildman–Crippen LogP) is 2.19. The van der Waals surface area contributed by atoms with Crippen molar-refractivity contribution >= 4 is 40.2 Å². The highest BCUT2D eigenvalue weighted by atomic mass is 32.2. The molecule has 26 heavy (non-hydrogen) atoms. The van der Waals surface area contributed by atoms with E-state index < -0.39 is 0 Å². The van der Waals surface area contributed by atoms with E-state index in [9.17, 15) is 4.79 Å². The van der Waals surface area contributed by atoms with Crippen molar-refractivity contribution in [1.29, 1.82) is 0 Å². The van der Waals surface area contributed by atoms with Gasteiger partial charge in [-0.15, -0.1) is 0 Å². The van der Waals surface area contributed by atoms with Gasteiger partial charge in [0.15, 0.2) is 5.65 Å². The maximum absolute atomic E-state index is 13.0. The lowest BCUT2D eigenvalue weighted by Gasteiger charge is -2.28. The van der Waals surface area contributed by atoms with Crippen LogP contribution in [0.1, 0.15) is 10.6 Å². The van der Waals surface area contributed by atoms with Crippen molar-refractivity contribution in [2.45, 2.75) is 0 Å². The van der Waals surface area contributed by atoms with Crippen LogP contribution in [-0.2, 0) is 7.05 Å². The Labute approximate surface area is 156 Å². The lowest BCUT2D eigenvalue weighted by atomic mass is 10.3. The van der Waals surface area contributed by atoms with Crippen LogP contribution in [0.3, 0.4) is 0 Å². The van der Waals surface area contributed by atoms with E-state index >= 15 is 0 Å². The third kappa shape index (κ3) is 3.01. The zero-order chi connectivity index (χ0) is 18.1. The Hall–Kier alpha value is -2.61. The van der Waals surface area contributed by atoms with E-state index in [1.165, 1.54) is 0 Å². The molecule has 0 N–H and O–H groups in total. The van der Waals surface area contributed by atoms with Crippen molar-refractivity contribution in [3.63, 3.8) is 0 Å². The van der Waals surface area contributed by atoms with Gasteiger partial charge in [-0.1, -0.05) is 18.2 Å². The van der Waals surface area contributed by atoms with Crippen LogP contribution in [0.25, 0.3) is 11.0 Å². The van der Waals surface area contributed by atoms with E-state index in [1.807, 2.05) is 49.1 Å². The SMILES string of the molecule is CN(C(=O)c1nc(N2CCSCC2)c2cnn(C)c2n1)c1ccccc1. The third-order valence-electron chi connectivity index (χ3n) is 4.52. The van der Waals surface area contributed by atoms with E-state index in [2.05, 4.69) is 20.0 Å². The van der Waals surface area contributed by atoms with Gasteiger partial charge < -0.3 is 9.80 Å². The van der Waals surface area contributed by atoms with Gasteiger partial charge in [-0.05, 0) is 12.1 Å². The quantitative estimate of drug-likeness (QED) is 0.706. The Morgan fingerprint density at radius 1 is 1.15 bits per heavy atom. The molecule has 1 aromatic carbocycles. The fraction of sp³-hybridized carbons (Fsp3) is 0.333. The lowest BCUT2D eigenvalue weighted by molar-refractivity contribution is 0.0983. The number of thioether (sulfide) groups is 1. The number of rotatable bonds is 3. The molecule has 4 rings (SSSR count). The molecule has 0 atom stereocenters. The largest absolute Gasteiger partial charge is 0.354 e. The van der Waals surface area contributed by atoms with Gasteiger partial charge in [-0.3, -0.25) is 9.48 Å². The molecule has 0 bridgehead atoms. The summed E-state index contributed by atoms with van der Waals surface area (Å²) in [6.07, 6.45) is 1.78. The average molecular weight is 368 g/mol. The van der Waals surface area contributed by atoms with Crippen molar-refractivity contribution in [2.24, 2.45) is 7.05 Å². The number of nitrogens with zero attached hydrogens (tertiary/aromatic N) is 6.